The van der Waals surface area contributed by atoms with Crippen LogP contribution >= 0.6 is 20.1 Å². The molecule has 2 N–H and O–H groups in total. The van der Waals surface area contributed by atoms with Crippen LogP contribution in [0.5, 0.6) is 5.75 Å². The molecule has 1 saturated carbocycles. The molecular weight excluding hydrogens is 509 g/mol. The molecule has 36 heavy (non-hydrogen) atoms. The second-order valence-electron chi connectivity index (χ2n) is 9.15. The van der Waals surface area contributed by atoms with Gasteiger partial charge in [0.1, 0.15) is 17.8 Å². The first-order valence-corrected chi connectivity index (χ1v) is 13.3. The van der Waals surface area contributed by atoms with E-state index >= 15 is 0 Å². The van der Waals surface area contributed by atoms with Crippen molar-refractivity contribution in [3.05, 3.63) is 62.9 Å². The lowest BCUT2D eigenvalue weighted by Crippen LogP contribution is -2.32. The van der Waals surface area contributed by atoms with Gasteiger partial charge in [-0.15, -0.1) is 0 Å². The molecule has 0 radical (unpaired) electrons. The summed E-state index contributed by atoms with van der Waals surface area (Å²) in [6, 6.07) is 9.08. The molecule has 0 spiro atoms. The van der Waals surface area contributed by atoms with Gasteiger partial charge in [-0.2, -0.15) is 0 Å². The average molecular weight is 542 g/mol. The van der Waals surface area contributed by atoms with Crippen molar-refractivity contribution in [1.29, 1.82) is 0 Å². The van der Waals surface area contributed by atoms with E-state index in [1.54, 1.807) is 13.8 Å². The predicted molar refractivity (Wildman–Crippen MR) is 137 cm³/mol. The van der Waals surface area contributed by atoms with Gasteiger partial charge in [-0.05, 0) is 49.8 Å². The lowest BCUT2D eigenvalue weighted by molar-refractivity contribution is -0.145. The van der Waals surface area contributed by atoms with E-state index in [1.807, 2.05) is 24.3 Å². The standard InChI is InChI=1S/C24H33ClN3O7P/c1-16(2)34-22(30)14-26-36(35-18-7-5-17(6-8-18)24(3)10-11-24)33-15-19(32-4)13-20(25)28-12-9-21(29)27-23(28)31/h5-9,12,16,19-20,26H,10-11,13-15H2,1-4H3,(H,27,29,31). The van der Waals surface area contributed by atoms with Crippen molar-refractivity contribution in [1.82, 2.24) is 14.6 Å². The predicted octanol–water partition coefficient (Wildman–Crippen LogP) is 3.59. The summed E-state index contributed by atoms with van der Waals surface area (Å²) in [7, 11) is -0.234. The number of aromatic nitrogens is 2. The van der Waals surface area contributed by atoms with Crippen LogP contribution in [0.4, 0.5) is 0 Å². The largest absolute Gasteiger partial charge is 0.462 e. The third-order valence-corrected chi connectivity index (χ3v) is 7.35. The molecule has 1 fully saturated rings. The zero-order valence-corrected chi connectivity index (χ0v) is 22.5. The number of carbonyl (C=O) groups excluding carboxylic acids is 1. The summed E-state index contributed by atoms with van der Waals surface area (Å²) in [4.78, 5) is 37.5. The van der Waals surface area contributed by atoms with E-state index in [4.69, 9.17) is 30.1 Å². The van der Waals surface area contributed by atoms with Crippen LogP contribution in [0.1, 0.15) is 51.1 Å². The van der Waals surface area contributed by atoms with Gasteiger partial charge in [0.15, 0.2) is 0 Å². The van der Waals surface area contributed by atoms with Crippen molar-refractivity contribution in [2.45, 2.75) is 63.2 Å². The van der Waals surface area contributed by atoms with Crippen molar-refractivity contribution < 1.29 is 23.3 Å². The smallest absolute Gasteiger partial charge is 0.329 e. The molecule has 0 amide bonds. The highest BCUT2D eigenvalue weighted by molar-refractivity contribution is 7.45. The molecule has 3 atom stereocenters. The number of rotatable bonds is 14. The number of H-pyrrole nitrogens is 1. The van der Waals surface area contributed by atoms with Gasteiger partial charge in [-0.3, -0.25) is 19.1 Å². The molecule has 1 aliphatic rings. The van der Waals surface area contributed by atoms with Gasteiger partial charge in [-0.25, -0.2) is 9.88 Å². The minimum atomic E-state index is -1.73. The van der Waals surface area contributed by atoms with Gasteiger partial charge < -0.3 is 18.5 Å². The van der Waals surface area contributed by atoms with E-state index in [1.165, 1.54) is 42.3 Å². The molecular formula is C24H33ClN3O7P. The van der Waals surface area contributed by atoms with Crippen LogP contribution in [0.25, 0.3) is 0 Å². The van der Waals surface area contributed by atoms with Crippen LogP contribution in [0, 0.1) is 0 Å². The zero-order chi connectivity index (χ0) is 26.3. The second-order valence-corrected chi connectivity index (χ2v) is 10.9. The van der Waals surface area contributed by atoms with Gasteiger partial charge in [0.05, 0.1) is 18.8 Å². The zero-order valence-electron chi connectivity index (χ0n) is 20.9. The minimum absolute atomic E-state index is 0.0753. The minimum Gasteiger partial charge on any atom is -0.462 e. The Morgan fingerprint density at radius 3 is 2.50 bits per heavy atom. The number of hydrogen-bond donors (Lipinski definition) is 2. The fourth-order valence-electron chi connectivity index (χ4n) is 3.39. The van der Waals surface area contributed by atoms with Crippen molar-refractivity contribution >= 4 is 26.1 Å². The van der Waals surface area contributed by atoms with E-state index in [2.05, 4.69) is 17.0 Å². The third kappa shape index (κ3) is 8.42. The summed E-state index contributed by atoms with van der Waals surface area (Å²) in [5, 5.41) is 2.97. The SMILES string of the molecule is COC(COP(NCC(=O)OC(C)C)Oc1ccc(C2(C)CC2)cc1)CC(Cl)n1ccc(=O)[nH]c1=O. The number of benzene rings is 1. The van der Waals surface area contributed by atoms with Crippen LogP contribution in [0.2, 0.25) is 0 Å². The number of halogens is 1. The molecule has 3 rings (SSSR count). The van der Waals surface area contributed by atoms with Crippen LogP contribution in [0.15, 0.2) is 46.1 Å². The van der Waals surface area contributed by atoms with Crippen molar-refractivity contribution in [2.24, 2.45) is 0 Å². The fourth-order valence-corrected chi connectivity index (χ4v) is 4.82. The van der Waals surface area contributed by atoms with Gasteiger partial charge in [-0.1, -0.05) is 30.7 Å². The van der Waals surface area contributed by atoms with E-state index in [0.717, 1.165) is 0 Å². The lowest BCUT2D eigenvalue weighted by Gasteiger charge is -2.23. The number of alkyl halides is 1. The monoisotopic (exact) mass is 541 g/mol. The number of aromatic amines is 1. The Balaban J connectivity index is 1.62. The fraction of sp³-hybridized carbons (Fsp3) is 0.542. The van der Waals surface area contributed by atoms with Crippen molar-refractivity contribution in [3.63, 3.8) is 0 Å². The molecule has 1 aromatic carbocycles. The highest BCUT2D eigenvalue weighted by Crippen LogP contribution is 2.48. The summed E-state index contributed by atoms with van der Waals surface area (Å²) >= 11 is 6.39. The van der Waals surface area contributed by atoms with Gasteiger partial charge in [0, 0.05) is 25.8 Å². The first-order chi connectivity index (χ1) is 17.1. The van der Waals surface area contributed by atoms with Crippen molar-refractivity contribution in [3.8, 4) is 5.75 Å². The second kappa shape index (κ2) is 12.8. The number of ether oxygens (including phenoxy) is 2. The van der Waals surface area contributed by atoms with Crippen LogP contribution in [0.3, 0.4) is 0 Å². The molecule has 10 nitrogen and oxygen atoms in total. The van der Waals surface area contributed by atoms with Gasteiger partial charge in [0.2, 0.25) is 0 Å². The van der Waals surface area contributed by atoms with Crippen LogP contribution in [-0.4, -0.2) is 48.0 Å². The quantitative estimate of drug-likeness (QED) is 0.211. The topological polar surface area (TPSA) is 121 Å². The summed E-state index contributed by atoms with van der Waals surface area (Å²) < 4.78 is 23.8. The molecule has 12 heteroatoms. The maximum absolute atomic E-state index is 12.0. The van der Waals surface area contributed by atoms with E-state index < -0.39 is 37.3 Å². The Labute approximate surface area is 216 Å². The molecule has 1 heterocycles. The molecule has 1 aliphatic carbocycles. The highest BCUT2D eigenvalue weighted by Gasteiger charge is 2.38. The Morgan fingerprint density at radius 1 is 1.22 bits per heavy atom. The normalized spacial score (nSPS) is 16.8. The molecule has 1 aromatic heterocycles. The van der Waals surface area contributed by atoms with Gasteiger partial charge >= 0.3 is 20.2 Å². The molecule has 198 valence electrons. The summed E-state index contributed by atoms with van der Waals surface area (Å²) in [6.07, 6.45) is 3.16. The molecule has 0 saturated heterocycles. The number of esters is 1. The Hall–Kier alpha value is -2.23. The number of methoxy groups -OCH3 is 1. The van der Waals surface area contributed by atoms with E-state index in [9.17, 15) is 14.4 Å². The lowest BCUT2D eigenvalue weighted by atomic mass is 9.99. The average Bonchev–Trinajstić information content (AvgIpc) is 3.58. The summed E-state index contributed by atoms with van der Waals surface area (Å²) in [5.74, 6) is 0.172. The van der Waals surface area contributed by atoms with Gasteiger partial charge in [0.25, 0.3) is 5.56 Å². The van der Waals surface area contributed by atoms with E-state index in [-0.39, 0.29) is 31.1 Å². The Kier molecular flexibility index (Phi) is 10.1. The van der Waals surface area contributed by atoms with Crippen LogP contribution in [-0.2, 0) is 24.2 Å². The number of carbonyl (C=O) groups is 1. The van der Waals surface area contributed by atoms with Crippen LogP contribution < -0.4 is 20.9 Å². The molecule has 0 bridgehead atoms. The van der Waals surface area contributed by atoms with E-state index in [0.29, 0.717) is 5.75 Å². The van der Waals surface area contributed by atoms with Crippen molar-refractivity contribution in [2.75, 3.05) is 20.3 Å². The number of hydrogen-bond acceptors (Lipinski definition) is 8. The first kappa shape index (κ1) is 28.3. The highest BCUT2D eigenvalue weighted by atomic mass is 35.5. The Morgan fingerprint density at radius 2 is 1.92 bits per heavy atom. The first-order valence-electron chi connectivity index (χ1n) is 11.7. The number of nitrogens with zero attached hydrogens (tertiary/aromatic N) is 1. The maximum Gasteiger partial charge on any atom is 0.329 e. The summed E-state index contributed by atoms with van der Waals surface area (Å²) in [6.45, 7) is 5.76. The third-order valence-electron chi connectivity index (χ3n) is 5.78. The molecule has 3 unspecified atom stereocenters. The molecule has 2 aromatic rings. The Bertz CT molecular complexity index is 1120. The maximum atomic E-state index is 12.0. The molecule has 0 aliphatic heterocycles. The number of nitrogens with one attached hydrogen (secondary N) is 2. The summed E-state index contributed by atoms with van der Waals surface area (Å²) in [5.41, 5.74) is -0.386.